The SMILES string of the molecule is CC(=O)O.COc1cccc(-c2cccc(-c3cccc(-c4cccc(C)c4O)n3)n2)c1O.[Mn]. The van der Waals surface area contributed by atoms with Crippen molar-refractivity contribution >= 4 is 5.97 Å². The van der Waals surface area contributed by atoms with Crippen LogP contribution in [0, 0.1) is 6.92 Å². The molecule has 7 nitrogen and oxygen atoms in total. The molecule has 3 N–H and O–H groups in total. The van der Waals surface area contributed by atoms with Gasteiger partial charge in [0.1, 0.15) is 5.75 Å². The number of aromatic nitrogens is 2. The Morgan fingerprint density at radius 1 is 0.735 bits per heavy atom. The smallest absolute Gasteiger partial charge is 0.300 e. The van der Waals surface area contributed by atoms with E-state index < -0.39 is 5.97 Å². The van der Waals surface area contributed by atoms with Crippen molar-refractivity contribution in [2.75, 3.05) is 7.11 Å². The Kier molecular flexibility index (Phi) is 9.18. The maximum atomic E-state index is 10.4. The number of carboxylic acids is 1. The minimum atomic E-state index is -0.833. The van der Waals surface area contributed by atoms with E-state index in [1.165, 1.54) is 7.11 Å². The van der Waals surface area contributed by atoms with E-state index in [9.17, 15) is 10.2 Å². The predicted octanol–water partition coefficient (Wildman–Crippen LogP) is 5.29. The Labute approximate surface area is 208 Å². The second-order valence-electron chi connectivity index (χ2n) is 7.16. The van der Waals surface area contributed by atoms with Crippen molar-refractivity contribution in [3.63, 3.8) is 0 Å². The Balaban J connectivity index is 0.000000758. The normalized spacial score (nSPS) is 9.85. The number of aliphatic carboxylic acids is 1. The van der Waals surface area contributed by atoms with Crippen LogP contribution in [-0.4, -0.2) is 38.4 Å². The molecule has 0 saturated heterocycles. The van der Waals surface area contributed by atoms with E-state index in [1.807, 2.05) is 67.6 Å². The third kappa shape index (κ3) is 6.13. The number of hydrogen-bond acceptors (Lipinski definition) is 6. The number of benzene rings is 2. The largest absolute Gasteiger partial charge is 0.507 e. The van der Waals surface area contributed by atoms with Gasteiger partial charge in [-0.15, -0.1) is 0 Å². The van der Waals surface area contributed by atoms with Gasteiger partial charge in [-0.3, -0.25) is 4.79 Å². The van der Waals surface area contributed by atoms with Gasteiger partial charge in [0.2, 0.25) is 0 Å². The van der Waals surface area contributed by atoms with Crippen LogP contribution < -0.4 is 4.74 Å². The average molecular weight is 499 g/mol. The number of methoxy groups -OCH3 is 1. The Hall–Kier alpha value is -3.87. The summed E-state index contributed by atoms with van der Waals surface area (Å²) in [5, 5.41) is 28.3. The summed E-state index contributed by atoms with van der Waals surface area (Å²) in [5.74, 6) is -0.170. The van der Waals surface area contributed by atoms with Gasteiger partial charge in [-0.1, -0.05) is 30.3 Å². The van der Waals surface area contributed by atoms with Gasteiger partial charge in [-0.05, 0) is 55.0 Å². The van der Waals surface area contributed by atoms with Crippen LogP contribution in [0.25, 0.3) is 33.9 Å². The summed E-state index contributed by atoms with van der Waals surface area (Å²) in [6.07, 6.45) is 0. The van der Waals surface area contributed by atoms with E-state index in [0.29, 0.717) is 39.7 Å². The van der Waals surface area contributed by atoms with Gasteiger partial charge in [0.15, 0.2) is 11.5 Å². The van der Waals surface area contributed by atoms with E-state index in [2.05, 4.69) is 4.98 Å². The zero-order chi connectivity index (χ0) is 24.0. The molecule has 1 radical (unpaired) electrons. The maximum absolute atomic E-state index is 10.4. The number of para-hydroxylation sites is 2. The number of rotatable bonds is 4. The minimum Gasteiger partial charge on any atom is -0.507 e. The van der Waals surface area contributed by atoms with Crippen LogP contribution in [-0.2, 0) is 21.9 Å². The Morgan fingerprint density at radius 2 is 1.15 bits per heavy atom. The van der Waals surface area contributed by atoms with Crippen molar-refractivity contribution in [2.45, 2.75) is 13.8 Å². The van der Waals surface area contributed by atoms with Crippen molar-refractivity contribution in [1.29, 1.82) is 0 Å². The van der Waals surface area contributed by atoms with Gasteiger partial charge in [0.05, 0.1) is 29.9 Å². The number of phenols is 2. The van der Waals surface area contributed by atoms with Crippen molar-refractivity contribution in [2.24, 2.45) is 0 Å². The van der Waals surface area contributed by atoms with Gasteiger partial charge in [0.25, 0.3) is 5.97 Å². The fourth-order valence-corrected chi connectivity index (χ4v) is 3.21. The van der Waals surface area contributed by atoms with Gasteiger partial charge >= 0.3 is 0 Å². The van der Waals surface area contributed by atoms with Gasteiger partial charge < -0.3 is 20.1 Å². The molecule has 0 amide bonds. The number of aryl methyl sites for hydroxylation is 1. The summed E-state index contributed by atoms with van der Waals surface area (Å²) < 4.78 is 5.19. The van der Waals surface area contributed by atoms with Crippen molar-refractivity contribution < 1.29 is 41.9 Å². The second-order valence-corrected chi connectivity index (χ2v) is 7.16. The van der Waals surface area contributed by atoms with Crippen LogP contribution in [0.1, 0.15) is 12.5 Å². The minimum absolute atomic E-state index is 0. The summed E-state index contributed by atoms with van der Waals surface area (Å²) in [7, 11) is 1.51. The third-order valence-corrected chi connectivity index (χ3v) is 4.77. The standard InChI is InChI=1S/C24H20N2O3.C2H4O2.Mn/c1-15-7-3-8-16(23(15)27)18-10-5-12-20(25-18)21-13-6-11-19(26-21)17-9-4-14-22(29-2)24(17)28;1-2(3)4;/h3-14,27-28H,1-2H3;1H3,(H,3,4);. The molecule has 0 unspecified atom stereocenters. The number of ether oxygens (including phenoxy) is 1. The third-order valence-electron chi connectivity index (χ3n) is 4.77. The first kappa shape index (κ1) is 26.4. The van der Waals surface area contributed by atoms with Crippen molar-refractivity contribution in [1.82, 2.24) is 9.97 Å². The molecule has 0 aliphatic heterocycles. The first-order valence-electron chi connectivity index (χ1n) is 10.1. The molecular formula is C26H24MnN2O5. The summed E-state index contributed by atoms with van der Waals surface area (Å²) >= 11 is 0. The molecule has 0 saturated carbocycles. The fourth-order valence-electron chi connectivity index (χ4n) is 3.21. The monoisotopic (exact) mass is 499 g/mol. The molecule has 8 heteroatoms. The molecule has 2 aromatic carbocycles. The molecule has 4 rings (SSSR count). The second kappa shape index (κ2) is 11.8. The number of aromatic hydroxyl groups is 2. The van der Waals surface area contributed by atoms with E-state index in [4.69, 9.17) is 19.6 Å². The molecule has 0 spiro atoms. The summed E-state index contributed by atoms with van der Waals surface area (Å²) in [6, 6.07) is 22.1. The van der Waals surface area contributed by atoms with Gasteiger partial charge in [-0.25, -0.2) is 9.97 Å². The molecule has 2 aromatic heterocycles. The van der Waals surface area contributed by atoms with E-state index in [0.717, 1.165) is 12.5 Å². The number of pyridine rings is 2. The summed E-state index contributed by atoms with van der Waals surface area (Å²) in [6.45, 7) is 2.94. The molecule has 4 aromatic rings. The van der Waals surface area contributed by atoms with Crippen LogP contribution >= 0.6 is 0 Å². The first-order valence-corrected chi connectivity index (χ1v) is 10.1. The van der Waals surface area contributed by atoms with E-state index in [-0.39, 0.29) is 28.6 Å². The average Bonchev–Trinajstić information content (AvgIpc) is 2.81. The topological polar surface area (TPSA) is 113 Å². The molecule has 2 heterocycles. The summed E-state index contributed by atoms with van der Waals surface area (Å²) in [5.41, 5.74) is 4.67. The van der Waals surface area contributed by atoms with Crippen molar-refractivity contribution in [3.05, 3.63) is 78.4 Å². The predicted molar refractivity (Wildman–Crippen MR) is 126 cm³/mol. The molecular weight excluding hydrogens is 475 g/mol. The number of carbonyl (C=O) groups is 1. The number of carboxylic acid groups (broad SMARTS) is 1. The molecule has 0 aliphatic rings. The van der Waals surface area contributed by atoms with Gasteiger partial charge in [0, 0.05) is 35.1 Å². The number of phenolic OH excluding ortho intramolecular Hbond substituents is 2. The first-order chi connectivity index (χ1) is 15.8. The fraction of sp³-hybridized carbons (Fsp3) is 0.115. The quantitative estimate of drug-likeness (QED) is 0.327. The van der Waals surface area contributed by atoms with Crippen LogP contribution in [0.15, 0.2) is 72.8 Å². The Morgan fingerprint density at radius 3 is 1.65 bits per heavy atom. The van der Waals surface area contributed by atoms with Crippen LogP contribution in [0.3, 0.4) is 0 Å². The van der Waals surface area contributed by atoms with E-state index >= 15 is 0 Å². The maximum Gasteiger partial charge on any atom is 0.300 e. The molecule has 0 aliphatic carbocycles. The van der Waals surface area contributed by atoms with Crippen molar-refractivity contribution in [3.8, 4) is 51.2 Å². The molecule has 0 fully saturated rings. The van der Waals surface area contributed by atoms with Crippen LogP contribution in [0.4, 0.5) is 0 Å². The molecule has 0 atom stereocenters. The summed E-state index contributed by atoms with van der Waals surface area (Å²) in [4.78, 5) is 18.4. The number of nitrogens with zero attached hydrogens (tertiary/aromatic N) is 2. The zero-order valence-corrected chi connectivity index (χ0v) is 20.0. The zero-order valence-electron chi connectivity index (χ0n) is 18.9. The van der Waals surface area contributed by atoms with E-state index in [1.54, 1.807) is 12.1 Å². The number of hydrogen-bond donors (Lipinski definition) is 3. The van der Waals surface area contributed by atoms with Crippen LogP contribution in [0.2, 0.25) is 0 Å². The van der Waals surface area contributed by atoms with Crippen LogP contribution in [0.5, 0.6) is 17.2 Å². The Bertz CT molecular complexity index is 1290. The molecule has 34 heavy (non-hydrogen) atoms. The molecule has 0 bridgehead atoms. The molecule has 175 valence electrons. The van der Waals surface area contributed by atoms with Gasteiger partial charge in [-0.2, -0.15) is 0 Å².